The molecule has 1 aliphatic rings. The molecule has 36 heavy (non-hydrogen) atoms. The van der Waals surface area contributed by atoms with Gasteiger partial charge < -0.3 is 10.6 Å². The Hall–Kier alpha value is -4.73. The van der Waals surface area contributed by atoms with Gasteiger partial charge in [0.25, 0.3) is 5.56 Å². The molecule has 1 fully saturated rings. The van der Waals surface area contributed by atoms with E-state index in [0.29, 0.717) is 29.7 Å². The van der Waals surface area contributed by atoms with Crippen LogP contribution in [0.1, 0.15) is 18.9 Å². The van der Waals surface area contributed by atoms with Crippen molar-refractivity contribution in [2.75, 3.05) is 18.8 Å². The largest absolute Gasteiger partial charge is 0.382 e. The SMILES string of the molecule is C=CC(=O)N1CCC[C@@H](n2nc(-c3ccc4c(cnn4-c4ccccc4)c3)c3c(N)n[nH]c(=O)c32)C1. The molecule has 5 aromatic rings. The molecular formula is C26H24N8O2. The summed E-state index contributed by atoms with van der Waals surface area (Å²) >= 11 is 0. The quantitative estimate of drug-likeness (QED) is 0.381. The van der Waals surface area contributed by atoms with Crippen LogP contribution in [0.3, 0.4) is 0 Å². The summed E-state index contributed by atoms with van der Waals surface area (Å²) in [6, 6.07) is 15.7. The Morgan fingerprint density at radius 1 is 1.19 bits per heavy atom. The maximum Gasteiger partial charge on any atom is 0.290 e. The number of hydrogen-bond acceptors (Lipinski definition) is 6. The predicted molar refractivity (Wildman–Crippen MR) is 138 cm³/mol. The lowest BCUT2D eigenvalue weighted by molar-refractivity contribution is -0.127. The number of hydrogen-bond donors (Lipinski definition) is 2. The summed E-state index contributed by atoms with van der Waals surface area (Å²) < 4.78 is 3.59. The zero-order valence-electron chi connectivity index (χ0n) is 19.5. The van der Waals surface area contributed by atoms with Crippen LogP contribution in [-0.4, -0.2) is 53.7 Å². The average molecular weight is 481 g/mol. The highest BCUT2D eigenvalue weighted by atomic mass is 16.2. The Bertz CT molecular complexity index is 1680. The van der Waals surface area contributed by atoms with E-state index >= 15 is 0 Å². The van der Waals surface area contributed by atoms with E-state index in [1.807, 2.05) is 53.2 Å². The smallest absolute Gasteiger partial charge is 0.290 e. The highest BCUT2D eigenvalue weighted by Gasteiger charge is 2.28. The molecule has 1 amide bonds. The molecular weight excluding hydrogens is 456 g/mol. The van der Waals surface area contributed by atoms with Crippen LogP contribution in [0.4, 0.5) is 5.82 Å². The Morgan fingerprint density at radius 2 is 2.03 bits per heavy atom. The fourth-order valence-corrected chi connectivity index (χ4v) is 5.02. The van der Waals surface area contributed by atoms with Gasteiger partial charge in [-0.05, 0) is 43.2 Å². The first-order chi connectivity index (χ1) is 17.5. The van der Waals surface area contributed by atoms with E-state index in [2.05, 4.69) is 21.9 Å². The zero-order chi connectivity index (χ0) is 24.8. The Labute approximate surface area is 205 Å². The van der Waals surface area contributed by atoms with Crippen LogP contribution in [0.5, 0.6) is 0 Å². The van der Waals surface area contributed by atoms with E-state index in [0.717, 1.165) is 35.0 Å². The minimum atomic E-state index is -0.372. The van der Waals surface area contributed by atoms with Crippen molar-refractivity contribution in [1.82, 2.24) is 34.7 Å². The fourth-order valence-electron chi connectivity index (χ4n) is 5.02. The van der Waals surface area contributed by atoms with Gasteiger partial charge in [-0.3, -0.25) is 14.3 Å². The molecule has 6 rings (SSSR count). The van der Waals surface area contributed by atoms with Crippen molar-refractivity contribution in [1.29, 1.82) is 0 Å². The number of piperidine rings is 1. The van der Waals surface area contributed by atoms with Gasteiger partial charge in [0.15, 0.2) is 5.82 Å². The molecule has 4 heterocycles. The predicted octanol–water partition coefficient (Wildman–Crippen LogP) is 3.06. The Balaban J connectivity index is 1.49. The van der Waals surface area contributed by atoms with Crippen molar-refractivity contribution in [2.24, 2.45) is 0 Å². The molecule has 10 nitrogen and oxygen atoms in total. The van der Waals surface area contributed by atoms with Crippen molar-refractivity contribution < 1.29 is 4.79 Å². The molecule has 0 unspecified atom stereocenters. The molecule has 1 aliphatic heterocycles. The summed E-state index contributed by atoms with van der Waals surface area (Å²) in [5.41, 5.74) is 9.53. The third-order valence-electron chi connectivity index (χ3n) is 6.73. The summed E-state index contributed by atoms with van der Waals surface area (Å²) in [5.74, 6) is 0.0631. The number of H-pyrrole nitrogens is 1. The topological polar surface area (TPSA) is 128 Å². The first-order valence-electron chi connectivity index (χ1n) is 11.8. The summed E-state index contributed by atoms with van der Waals surface area (Å²) in [6.07, 6.45) is 4.69. The number of fused-ring (bicyclic) bond motifs is 2. The number of anilines is 1. The standard InChI is InChI=1S/C26H24N8O2/c1-2-21(35)32-12-6-9-19(15-32)34-24-22(25(27)29-30-26(24)36)23(31-34)16-10-11-20-17(13-16)14-28-33(20)18-7-4-3-5-8-18/h2-5,7-8,10-11,13-14,19H,1,6,9,12,15H2,(H2,27,29)(H,30,36)/t19-/m1/s1. The second-order valence-electron chi connectivity index (χ2n) is 8.90. The van der Waals surface area contributed by atoms with E-state index in [1.165, 1.54) is 6.08 Å². The molecule has 0 aliphatic carbocycles. The maximum absolute atomic E-state index is 12.9. The minimum Gasteiger partial charge on any atom is -0.382 e. The van der Waals surface area contributed by atoms with Crippen molar-refractivity contribution >= 4 is 33.5 Å². The van der Waals surface area contributed by atoms with Crippen LogP contribution in [0, 0.1) is 0 Å². The van der Waals surface area contributed by atoms with E-state index < -0.39 is 0 Å². The second-order valence-corrected chi connectivity index (χ2v) is 8.90. The highest BCUT2D eigenvalue weighted by Crippen LogP contribution is 2.34. The molecule has 0 saturated carbocycles. The van der Waals surface area contributed by atoms with Gasteiger partial charge in [-0.25, -0.2) is 9.78 Å². The molecule has 180 valence electrons. The van der Waals surface area contributed by atoms with E-state index in [1.54, 1.807) is 15.8 Å². The average Bonchev–Trinajstić information content (AvgIpc) is 3.53. The van der Waals surface area contributed by atoms with Crippen LogP contribution >= 0.6 is 0 Å². The lowest BCUT2D eigenvalue weighted by atomic mass is 10.1. The Morgan fingerprint density at radius 3 is 2.83 bits per heavy atom. The molecule has 0 spiro atoms. The molecule has 3 N–H and O–H groups in total. The molecule has 0 bridgehead atoms. The molecule has 1 atom stereocenters. The third kappa shape index (κ3) is 3.46. The van der Waals surface area contributed by atoms with Gasteiger partial charge in [0.1, 0.15) is 11.2 Å². The first kappa shape index (κ1) is 21.8. The van der Waals surface area contributed by atoms with Gasteiger partial charge >= 0.3 is 0 Å². The number of nitrogens with zero attached hydrogens (tertiary/aromatic N) is 6. The summed E-state index contributed by atoms with van der Waals surface area (Å²) in [4.78, 5) is 26.9. The summed E-state index contributed by atoms with van der Waals surface area (Å²) in [7, 11) is 0. The number of aromatic amines is 1. The van der Waals surface area contributed by atoms with Gasteiger partial charge in [-0.1, -0.05) is 30.8 Å². The number of nitrogen functional groups attached to an aromatic ring is 1. The van der Waals surface area contributed by atoms with Crippen LogP contribution in [0.2, 0.25) is 0 Å². The van der Waals surface area contributed by atoms with Crippen molar-refractivity contribution in [3.63, 3.8) is 0 Å². The number of para-hydroxylation sites is 1. The summed E-state index contributed by atoms with van der Waals surface area (Å²) in [6.45, 7) is 4.68. The van der Waals surface area contributed by atoms with Crippen molar-refractivity contribution in [3.05, 3.63) is 77.7 Å². The van der Waals surface area contributed by atoms with Crippen molar-refractivity contribution in [3.8, 4) is 16.9 Å². The van der Waals surface area contributed by atoms with Gasteiger partial charge in [-0.15, -0.1) is 0 Å². The monoisotopic (exact) mass is 480 g/mol. The lowest BCUT2D eigenvalue weighted by Gasteiger charge is -2.32. The van der Waals surface area contributed by atoms with Crippen LogP contribution < -0.4 is 11.3 Å². The van der Waals surface area contributed by atoms with E-state index in [4.69, 9.17) is 10.8 Å². The lowest BCUT2D eigenvalue weighted by Crippen LogP contribution is -2.40. The number of carbonyl (C=O) groups is 1. The molecule has 10 heteroatoms. The second kappa shape index (κ2) is 8.49. The van der Waals surface area contributed by atoms with E-state index in [-0.39, 0.29) is 23.3 Å². The number of nitrogens with two attached hydrogens (primary N) is 1. The number of rotatable bonds is 4. The number of amides is 1. The van der Waals surface area contributed by atoms with Gasteiger partial charge in [0.05, 0.1) is 28.8 Å². The Kier molecular flexibility index (Phi) is 5.14. The van der Waals surface area contributed by atoms with Crippen LogP contribution in [0.15, 0.2) is 72.2 Å². The van der Waals surface area contributed by atoms with Gasteiger partial charge in [0, 0.05) is 24.0 Å². The maximum atomic E-state index is 12.9. The van der Waals surface area contributed by atoms with E-state index in [9.17, 15) is 9.59 Å². The molecule has 2 aromatic carbocycles. The third-order valence-corrected chi connectivity index (χ3v) is 6.73. The fraction of sp³-hybridized carbons (Fsp3) is 0.192. The normalized spacial score (nSPS) is 16.0. The van der Waals surface area contributed by atoms with Crippen molar-refractivity contribution in [2.45, 2.75) is 18.9 Å². The summed E-state index contributed by atoms with van der Waals surface area (Å²) in [5, 5.41) is 17.4. The number of benzene rings is 2. The first-order valence-corrected chi connectivity index (χ1v) is 11.8. The van der Waals surface area contributed by atoms with Crippen LogP contribution in [-0.2, 0) is 4.79 Å². The van der Waals surface area contributed by atoms with Gasteiger partial charge in [-0.2, -0.15) is 15.3 Å². The number of aromatic nitrogens is 6. The van der Waals surface area contributed by atoms with Gasteiger partial charge in [0.2, 0.25) is 5.91 Å². The minimum absolute atomic E-state index is 0.132. The zero-order valence-corrected chi connectivity index (χ0v) is 19.5. The molecule has 1 saturated heterocycles. The number of nitrogens with one attached hydrogen (secondary N) is 1. The van der Waals surface area contributed by atoms with Crippen LogP contribution in [0.25, 0.3) is 38.8 Å². The molecule has 0 radical (unpaired) electrons. The number of carbonyl (C=O) groups excluding carboxylic acids is 1. The molecule has 3 aromatic heterocycles. The highest BCUT2D eigenvalue weighted by molar-refractivity contribution is 6.01. The number of likely N-dealkylation sites (tertiary alicyclic amines) is 1.